The number of ether oxygens (including phenoxy) is 2. The van der Waals surface area contributed by atoms with Crippen molar-refractivity contribution in [3.63, 3.8) is 0 Å². The Morgan fingerprint density at radius 3 is 3.00 bits per heavy atom. The van der Waals surface area contributed by atoms with Gasteiger partial charge >= 0.3 is 0 Å². The molecule has 2 rings (SSSR count). The predicted molar refractivity (Wildman–Crippen MR) is 73.3 cm³/mol. The Labute approximate surface area is 120 Å². The first kappa shape index (κ1) is 13.8. The van der Waals surface area contributed by atoms with Gasteiger partial charge in [-0.25, -0.2) is 0 Å². The molecule has 1 fully saturated rings. The average Bonchev–Trinajstić information content (AvgIpc) is 2.80. The maximum atomic E-state index is 11.9. The minimum Gasteiger partial charge on any atom is -0.484 e. The lowest BCUT2D eigenvalue weighted by molar-refractivity contribution is -0.124. The molecule has 0 radical (unpaired) electrons. The highest BCUT2D eigenvalue weighted by molar-refractivity contribution is 9.10. The maximum absolute atomic E-state index is 11.9. The first-order chi connectivity index (χ1) is 8.58. The van der Waals surface area contributed by atoms with Crippen molar-refractivity contribution in [3.8, 4) is 5.75 Å². The van der Waals surface area contributed by atoms with Gasteiger partial charge in [0.15, 0.2) is 5.78 Å². The number of halogens is 2. The van der Waals surface area contributed by atoms with Gasteiger partial charge in [-0.15, -0.1) is 0 Å². The van der Waals surface area contributed by atoms with Crippen LogP contribution in [-0.2, 0) is 9.53 Å². The van der Waals surface area contributed by atoms with E-state index in [-0.39, 0.29) is 18.3 Å². The molecular formula is C13H14BrClO3. The van der Waals surface area contributed by atoms with Crippen molar-refractivity contribution in [2.24, 2.45) is 5.92 Å². The third kappa shape index (κ3) is 3.25. The average molecular weight is 334 g/mol. The summed E-state index contributed by atoms with van der Waals surface area (Å²) in [4.78, 5) is 11.9. The van der Waals surface area contributed by atoms with E-state index in [2.05, 4.69) is 15.9 Å². The molecule has 18 heavy (non-hydrogen) atoms. The van der Waals surface area contributed by atoms with Crippen LogP contribution in [-0.4, -0.2) is 25.6 Å². The third-order valence-electron chi connectivity index (χ3n) is 2.94. The number of ketones is 1. The molecule has 0 saturated carbocycles. The fourth-order valence-electron chi connectivity index (χ4n) is 1.92. The highest BCUT2D eigenvalue weighted by atomic mass is 79.9. The third-order valence-corrected chi connectivity index (χ3v) is 3.68. The van der Waals surface area contributed by atoms with Crippen LogP contribution in [0.2, 0.25) is 5.02 Å². The standard InChI is InChI=1S/C13H14BrClO3/c1-8-4-10(14)5-11(15)13(8)18-7-12(16)9-2-3-17-6-9/h4-5,9H,2-3,6-7H2,1H3. The highest BCUT2D eigenvalue weighted by Gasteiger charge is 2.24. The summed E-state index contributed by atoms with van der Waals surface area (Å²) in [6.45, 7) is 3.12. The Bertz CT molecular complexity index is 433. The molecule has 3 nitrogen and oxygen atoms in total. The van der Waals surface area contributed by atoms with Gasteiger partial charge < -0.3 is 9.47 Å². The number of rotatable bonds is 4. The maximum Gasteiger partial charge on any atom is 0.175 e. The molecule has 0 spiro atoms. The molecular weight excluding hydrogens is 319 g/mol. The lowest BCUT2D eigenvalue weighted by atomic mass is 10.0. The molecule has 1 aliphatic rings. The summed E-state index contributed by atoms with van der Waals surface area (Å²) in [7, 11) is 0. The fourth-order valence-corrected chi connectivity index (χ4v) is 2.95. The molecule has 1 aromatic carbocycles. The number of benzene rings is 1. The van der Waals surface area contributed by atoms with Gasteiger partial charge in [-0.05, 0) is 31.0 Å². The molecule has 1 heterocycles. The summed E-state index contributed by atoms with van der Waals surface area (Å²) >= 11 is 9.44. The van der Waals surface area contributed by atoms with Gasteiger partial charge in [-0.2, -0.15) is 0 Å². The zero-order valence-corrected chi connectivity index (χ0v) is 12.4. The largest absolute Gasteiger partial charge is 0.484 e. The predicted octanol–water partition coefficient (Wildman–Crippen LogP) is 3.40. The molecule has 0 bridgehead atoms. The molecule has 1 unspecified atom stereocenters. The minimum atomic E-state index is -0.0282. The summed E-state index contributed by atoms with van der Waals surface area (Å²) in [5.74, 6) is 0.623. The second-order valence-electron chi connectivity index (χ2n) is 4.35. The Kier molecular flexibility index (Phi) is 4.65. The van der Waals surface area contributed by atoms with Crippen molar-refractivity contribution in [1.82, 2.24) is 0 Å². The molecule has 1 aromatic rings. The molecule has 0 amide bonds. The second kappa shape index (κ2) is 6.04. The number of hydrogen-bond donors (Lipinski definition) is 0. The SMILES string of the molecule is Cc1cc(Br)cc(Cl)c1OCC(=O)C1CCOC1. The van der Waals surface area contributed by atoms with E-state index >= 15 is 0 Å². The first-order valence-electron chi connectivity index (χ1n) is 5.77. The molecule has 0 N–H and O–H groups in total. The van der Waals surface area contributed by atoms with Crippen molar-refractivity contribution in [3.05, 3.63) is 27.2 Å². The van der Waals surface area contributed by atoms with E-state index in [0.29, 0.717) is 24.0 Å². The smallest absolute Gasteiger partial charge is 0.175 e. The van der Waals surface area contributed by atoms with Crippen molar-refractivity contribution >= 4 is 33.3 Å². The van der Waals surface area contributed by atoms with Gasteiger partial charge in [-0.3, -0.25) is 4.79 Å². The van der Waals surface area contributed by atoms with Crippen molar-refractivity contribution in [2.75, 3.05) is 19.8 Å². The van der Waals surface area contributed by atoms with E-state index in [1.807, 2.05) is 13.0 Å². The monoisotopic (exact) mass is 332 g/mol. The van der Waals surface area contributed by atoms with Crippen LogP contribution in [0, 0.1) is 12.8 Å². The van der Waals surface area contributed by atoms with Gasteiger partial charge in [0.2, 0.25) is 0 Å². The fraction of sp³-hybridized carbons (Fsp3) is 0.462. The Morgan fingerprint density at radius 1 is 1.61 bits per heavy atom. The van der Waals surface area contributed by atoms with Crippen molar-refractivity contribution in [2.45, 2.75) is 13.3 Å². The highest BCUT2D eigenvalue weighted by Crippen LogP contribution is 2.32. The Morgan fingerprint density at radius 2 is 2.39 bits per heavy atom. The molecule has 1 saturated heterocycles. The molecule has 0 aromatic heterocycles. The van der Waals surface area contributed by atoms with E-state index in [0.717, 1.165) is 16.5 Å². The van der Waals surface area contributed by atoms with Crippen molar-refractivity contribution in [1.29, 1.82) is 0 Å². The van der Waals surface area contributed by atoms with E-state index in [9.17, 15) is 4.79 Å². The topological polar surface area (TPSA) is 35.5 Å². The zero-order valence-electron chi connectivity index (χ0n) is 10.0. The quantitative estimate of drug-likeness (QED) is 0.847. The lowest BCUT2D eigenvalue weighted by Crippen LogP contribution is -2.22. The number of carbonyl (C=O) groups is 1. The molecule has 1 atom stereocenters. The molecule has 1 aliphatic heterocycles. The summed E-state index contributed by atoms with van der Waals surface area (Å²) in [5, 5.41) is 0.511. The van der Waals surface area contributed by atoms with Gasteiger partial charge in [0.05, 0.1) is 11.6 Å². The summed E-state index contributed by atoms with van der Waals surface area (Å²) in [5.41, 5.74) is 0.907. The van der Waals surface area contributed by atoms with Crippen LogP contribution in [0.1, 0.15) is 12.0 Å². The van der Waals surface area contributed by atoms with E-state index < -0.39 is 0 Å². The van der Waals surface area contributed by atoms with Gasteiger partial charge in [0.1, 0.15) is 12.4 Å². The van der Waals surface area contributed by atoms with Crippen LogP contribution < -0.4 is 4.74 Å². The minimum absolute atomic E-state index is 0.0282. The van der Waals surface area contributed by atoms with Crippen LogP contribution in [0.25, 0.3) is 0 Å². The van der Waals surface area contributed by atoms with E-state index in [1.54, 1.807) is 6.07 Å². The number of aryl methyl sites for hydroxylation is 1. The van der Waals surface area contributed by atoms with Crippen LogP contribution in [0.5, 0.6) is 5.75 Å². The normalized spacial score (nSPS) is 18.9. The Balaban J connectivity index is 1.99. The number of carbonyl (C=O) groups excluding carboxylic acids is 1. The summed E-state index contributed by atoms with van der Waals surface area (Å²) in [6.07, 6.45) is 0.787. The summed E-state index contributed by atoms with van der Waals surface area (Å²) < 4.78 is 11.6. The van der Waals surface area contributed by atoms with Crippen LogP contribution >= 0.6 is 27.5 Å². The van der Waals surface area contributed by atoms with E-state index in [4.69, 9.17) is 21.1 Å². The van der Waals surface area contributed by atoms with Crippen LogP contribution in [0.3, 0.4) is 0 Å². The molecule has 5 heteroatoms. The van der Waals surface area contributed by atoms with E-state index in [1.165, 1.54) is 0 Å². The second-order valence-corrected chi connectivity index (χ2v) is 5.67. The summed E-state index contributed by atoms with van der Waals surface area (Å²) in [6, 6.07) is 3.66. The van der Waals surface area contributed by atoms with Crippen LogP contribution in [0.15, 0.2) is 16.6 Å². The van der Waals surface area contributed by atoms with Gasteiger partial charge in [0.25, 0.3) is 0 Å². The van der Waals surface area contributed by atoms with Crippen LogP contribution in [0.4, 0.5) is 0 Å². The first-order valence-corrected chi connectivity index (χ1v) is 6.94. The Hall–Kier alpha value is -0.580. The number of Topliss-reactive ketones (excluding diaryl/α,β-unsaturated/α-hetero) is 1. The molecule has 0 aliphatic carbocycles. The van der Waals surface area contributed by atoms with Crippen molar-refractivity contribution < 1.29 is 14.3 Å². The molecule has 98 valence electrons. The van der Waals surface area contributed by atoms with Gasteiger partial charge in [-0.1, -0.05) is 27.5 Å². The zero-order chi connectivity index (χ0) is 13.1. The van der Waals surface area contributed by atoms with Gasteiger partial charge in [0, 0.05) is 17.0 Å². The lowest BCUT2D eigenvalue weighted by Gasteiger charge is -2.12. The number of hydrogen-bond acceptors (Lipinski definition) is 3.